The number of rotatable bonds is 2. The van der Waals surface area contributed by atoms with E-state index in [0.717, 1.165) is 0 Å². The second-order valence-electron chi connectivity index (χ2n) is 4.83. The molecule has 1 aliphatic rings. The maximum atomic E-state index is 11.8. The van der Waals surface area contributed by atoms with Gasteiger partial charge in [0.15, 0.2) is 0 Å². The fraction of sp³-hybridized carbons (Fsp3) is 0.900. The van der Waals surface area contributed by atoms with Gasteiger partial charge in [-0.25, -0.2) is 4.79 Å². The van der Waals surface area contributed by atoms with Crippen LogP contribution in [0, 0.1) is 0 Å². The molecule has 94 valence electrons. The lowest BCUT2D eigenvalue weighted by molar-refractivity contribution is -0.0410. The van der Waals surface area contributed by atoms with Gasteiger partial charge >= 0.3 is 6.09 Å². The molecule has 1 unspecified atom stereocenters. The number of hydrazine groups is 1. The molecule has 0 aliphatic carbocycles. The molecule has 0 aromatic heterocycles. The van der Waals surface area contributed by atoms with Crippen LogP contribution in [0.4, 0.5) is 4.79 Å². The summed E-state index contributed by atoms with van der Waals surface area (Å²) >= 11 is 0. The second kappa shape index (κ2) is 5.47. The van der Waals surface area contributed by atoms with Crippen LogP contribution >= 0.6 is 0 Å². The summed E-state index contributed by atoms with van der Waals surface area (Å²) < 4.78 is 10.7. The Kier molecular flexibility index (Phi) is 4.52. The van der Waals surface area contributed by atoms with Crippen LogP contribution in [0.25, 0.3) is 0 Å². The van der Waals surface area contributed by atoms with Crippen molar-refractivity contribution in [1.82, 2.24) is 10.3 Å². The molecule has 6 nitrogen and oxygen atoms in total. The molecule has 0 spiro atoms. The molecule has 1 fully saturated rings. The zero-order chi connectivity index (χ0) is 12.2. The van der Waals surface area contributed by atoms with Gasteiger partial charge in [0.1, 0.15) is 5.60 Å². The molecule has 0 aromatic carbocycles. The molecule has 0 saturated carbocycles. The van der Waals surface area contributed by atoms with Crippen molar-refractivity contribution >= 4 is 6.09 Å². The first-order valence-corrected chi connectivity index (χ1v) is 5.45. The molecular formula is C10H21N3O3. The third-order valence-electron chi connectivity index (χ3n) is 2.14. The number of nitrogens with one attached hydrogen (secondary N) is 1. The largest absolute Gasteiger partial charge is 0.444 e. The molecule has 1 amide bonds. The Morgan fingerprint density at radius 3 is 2.88 bits per heavy atom. The molecule has 1 saturated heterocycles. The minimum absolute atomic E-state index is 0.0636. The summed E-state index contributed by atoms with van der Waals surface area (Å²) in [5.41, 5.74) is 2.08. The van der Waals surface area contributed by atoms with E-state index in [1.54, 1.807) is 4.90 Å². The molecule has 1 atom stereocenters. The predicted octanol–water partition coefficient (Wildman–Crippen LogP) is 0.0856. The van der Waals surface area contributed by atoms with Crippen LogP contribution in [-0.2, 0) is 9.47 Å². The number of ether oxygens (including phenoxy) is 2. The Balaban J connectivity index is 2.44. The topological polar surface area (TPSA) is 76.8 Å². The number of carbonyl (C=O) groups is 1. The molecule has 1 aliphatic heterocycles. The Morgan fingerprint density at radius 1 is 1.62 bits per heavy atom. The van der Waals surface area contributed by atoms with Crippen LogP contribution in [0.15, 0.2) is 0 Å². The Morgan fingerprint density at radius 2 is 2.31 bits per heavy atom. The molecule has 3 N–H and O–H groups in total. The molecule has 0 bridgehead atoms. The highest BCUT2D eigenvalue weighted by atomic mass is 16.6. The van der Waals surface area contributed by atoms with Gasteiger partial charge in [-0.1, -0.05) is 0 Å². The highest BCUT2D eigenvalue weighted by Gasteiger charge is 2.27. The van der Waals surface area contributed by atoms with Crippen LogP contribution < -0.4 is 11.3 Å². The third kappa shape index (κ3) is 4.34. The van der Waals surface area contributed by atoms with E-state index in [9.17, 15) is 4.79 Å². The first-order chi connectivity index (χ1) is 7.42. The van der Waals surface area contributed by atoms with Gasteiger partial charge in [0.2, 0.25) is 0 Å². The lowest BCUT2D eigenvalue weighted by Crippen LogP contribution is -2.50. The smallest absolute Gasteiger partial charge is 0.410 e. The van der Waals surface area contributed by atoms with E-state index in [-0.39, 0.29) is 12.2 Å². The first kappa shape index (κ1) is 13.2. The second-order valence-corrected chi connectivity index (χ2v) is 4.83. The van der Waals surface area contributed by atoms with E-state index in [1.165, 1.54) is 0 Å². The van der Waals surface area contributed by atoms with Gasteiger partial charge < -0.3 is 14.4 Å². The van der Waals surface area contributed by atoms with E-state index < -0.39 is 5.60 Å². The maximum absolute atomic E-state index is 11.8. The number of amides is 1. The van der Waals surface area contributed by atoms with Crippen molar-refractivity contribution in [2.75, 3.05) is 26.2 Å². The summed E-state index contributed by atoms with van der Waals surface area (Å²) in [6.07, 6.45) is -0.357. The SMILES string of the molecule is CC(C)(C)OC(=O)N1CCOC(CNN)C1. The van der Waals surface area contributed by atoms with E-state index in [1.807, 2.05) is 20.8 Å². The minimum Gasteiger partial charge on any atom is -0.444 e. The van der Waals surface area contributed by atoms with Gasteiger partial charge in [-0.15, -0.1) is 0 Å². The van der Waals surface area contributed by atoms with Crippen molar-refractivity contribution in [3.63, 3.8) is 0 Å². The average Bonchev–Trinajstić information content (AvgIpc) is 2.16. The summed E-state index contributed by atoms with van der Waals surface area (Å²) in [6, 6.07) is 0. The Labute approximate surface area is 96.0 Å². The highest BCUT2D eigenvalue weighted by Crippen LogP contribution is 2.12. The monoisotopic (exact) mass is 231 g/mol. The first-order valence-electron chi connectivity index (χ1n) is 5.45. The number of nitrogens with two attached hydrogens (primary N) is 1. The molecular weight excluding hydrogens is 210 g/mol. The Hall–Kier alpha value is -0.850. The fourth-order valence-corrected chi connectivity index (χ4v) is 1.47. The summed E-state index contributed by atoms with van der Waals surface area (Å²) in [5.74, 6) is 5.22. The lowest BCUT2D eigenvalue weighted by atomic mass is 10.2. The number of morpholine rings is 1. The third-order valence-corrected chi connectivity index (χ3v) is 2.14. The van der Waals surface area contributed by atoms with Gasteiger partial charge in [0.25, 0.3) is 0 Å². The molecule has 0 radical (unpaired) electrons. The van der Waals surface area contributed by atoms with Crippen molar-refractivity contribution in [2.24, 2.45) is 5.84 Å². The zero-order valence-electron chi connectivity index (χ0n) is 10.2. The van der Waals surface area contributed by atoms with Gasteiger partial charge in [0, 0.05) is 13.1 Å². The average molecular weight is 231 g/mol. The normalized spacial score (nSPS) is 22.0. The molecule has 6 heteroatoms. The minimum atomic E-state index is -0.461. The van der Waals surface area contributed by atoms with E-state index >= 15 is 0 Å². The van der Waals surface area contributed by atoms with Crippen LogP contribution in [0.3, 0.4) is 0 Å². The number of carbonyl (C=O) groups excluding carboxylic acids is 1. The van der Waals surface area contributed by atoms with Crippen molar-refractivity contribution < 1.29 is 14.3 Å². The van der Waals surface area contributed by atoms with E-state index in [4.69, 9.17) is 15.3 Å². The van der Waals surface area contributed by atoms with Gasteiger partial charge in [-0.05, 0) is 20.8 Å². The number of nitrogens with zero attached hydrogens (tertiary/aromatic N) is 1. The molecule has 1 rings (SSSR count). The summed E-state index contributed by atoms with van der Waals surface area (Å²) in [6.45, 7) is 7.68. The van der Waals surface area contributed by atoms with Crippen LogP contribution in [-0.4, -0.2) is 48.9 Å². The molecule has 0 aromatic rings. The standard InChI is InChI=1S/C10H21N3O3/c1-10(2,3)16-9(14)13-4-5-15-8(7-13)6-12-11/h8,12H,4-7,11H2,1-3H3. The van der Waals surface area contributed by atoms with E-state index in [2.05, 4.69) is 5.43 Å². The van der Waals surface area contributed by atoms with Crippen LogP contribution in [0.5, 0.6) is 0 Å². The summed E-state index contributed by atoms with van der Waals surface area (Å²) in [7, 11) is 0. The van der Waals surface area contributed by atoms with Gasteiger partial charge in [0.05, 0.1) is 19.3 Å². The number of hydrogen-bond donors (Lipinski definition) is 2. The van der Waals surface area contributed by atoms with Crippen molar-refractivity contribution in [3.8, 4) is 0 Å². The number of hydrogen-bond acceptors (Lipinski definition) is 5. The summed E-state index contributed by atoms with van der Waals surface area (Å²) in [4.78, 5) is 13.4. The van der Waals surface area contributed by atoms with Crippen LogP contribution in [0.1, 0.15) is 20.8 Å². The predicted molar refractivity (Wildman–Crippen MR) is 59.7 cm³/mol. The van der Waals surface area contributed by atoms with Crippen molar-refractivity contribution in [2.45, 2.75) is 32.5 Å². The summed E-state index contributed by atoms with van der Waals surface area (Å²) in [5, 5.41) is 0. The van der Waals surface area contributed by atoms with Crippen LogP contribution in [0.2, 0.25) is 0 Å². The van der Waals surface area contributed by atoms with Gasteiger partial charge in [-0.3, -0.25) is 11.3 Å². The van der Waals surface area contributed by atoms with E-state index in [0.29, 0.717) is 26.2 Å². The Bertz CT molecular complexity index is 238. The van der Waals surface area contributed by atoms with Crippen molar-refractivity contribution in [3.05, 3.63) is 0 Å². The highest BCUT2D eigenvalue weighted by molar-refractivity contribution is 5.68. The quantitative estimate of drug-likeness (QED) is 0.520. The lowest BCUT2D eigenvalue weighted by Gasteiger charge is -2.34. The maximum Gasteiger partial charge on any atom is 0.410 e. The molecule has 1 heterocycles. The fourth-order valence-electron chi connectivity index (χ4n) is 1.47. The van der Waals surface area contributed by atoms with Crippen molar-refractivity contribution in [1.29, 1.82) is 0 Å². The zero-order valence-corrected chi connectivity index (χ0v) is 10.2. The molecule has 16 heavy (non-hydrogen) atoms. The van der Waals surface area contributed by atoms with Gasteiger partial charge in [-0.2, -0.15) is 0 Å².